The molecule has 0 radical (unpaired) electrons. The molecule has 0 unspecified atom stereocenters. The average Bonchev–Trinajstić information content (AvgIpc) is 2.90. The standard InChI is InChI=1S/C20H30N4O/c1-20(2,3)14-16-18(23-24-13-7-12-21-19(16)24)22-17(25)11-10-15-8-5-4-6-9-15/h7,12-13,15H,4-6,8-11,14H2,1-3H3,(H,22,23,25). The smallest absolute Gasteiger partial charge is 0.225 e. The van der Waals surface area contributed by atoms with Crippen LogP contribution < -0.4 is 5.32 Å². The first kappa shape index (κ1) is 17.9. The minimum Gasteiger partial charge on any atom is -0.309 e. The average molecular weight is 342 g/mol. The molecule has 2 aromatic rings. The Morgan fingerprint density at radius 2 is 2.04 bits per heavy atom. The van der Waals surface area contributed by atoms with E-state index in [0.29, 0.717) is 12.2 Å². The fraction of sp³-hybridized carbons (Fsp3) is 0.650. The summed E-state index contributed by atoms with van der Waals surface area (Å²) in [6.45, 7) is 6.57. The molecular weight excluding hydrogens is 312 g/mol. The summed E-state index contributed by atoms with van der Waals surface area (Å²) >= 11 is 0. The fourth-order valence-corrected chi connectivity index (χ4v) is 3.73. The Bertz CT molecular complexity index is 723. The van der Waals surface area contributed by atoms with Crippen molar-refractivity contribution in [3.63, 3.8) is 0 Å². The van der Waals surface area contributed by atoms with Gasteiger partial charge >= 0.3 is 0 Å². The lowest BCUT2D eigenvalue weighted by molar-refractivity contribution is -0.116. The molecule has 2 heterocycles. The number of carbonyl (C=O) groups is 1. The van der Waals surface area contributed by atoms with Crippen LogP contribution in [0.25, 0.3) is 5.65 Å². The summed E-state index contributed by atoms with van der Waals surface area (Å²) in [6, 6.07) is 1.86. The maximum Gasteiger partial charge on any atom is 0.225 e. The number of hydrogen-bond donors (Lipinski definition) is 1. The highest BCUT2D eigenvalue weighted by Gasteiger charge is 2.22. The summed E-state index contributed by atoms with van der Waals surface area (Å²) in [6.07, 6.45) is 12.6. The molecule has 1 aliphatic rings. The van der Waals surface area contributed by atoms with Crippen molar-refractivity contribution in [2.24, 2.45) is 11.3 Å². The molecule has 0 bridgehead atoms. The number of amides is 1. The number of aromatic nitrogens is 3. The van der Waals surface area contributed by atoms with Gasteiger partial charge in [-0.2, -0.15) is 0 Å². The van der Waals surface area contributed by atoms with Crippen molar-refractivity contribution in [2.75, 3.05) is 5.32 Å². The van der Waals surface area contributed by atoms with Gasteiger partial charge in [0.15, 0.2) is 11.5 Å². The zero-order chi connectivity index (χ0) is 17.9. The van der Waals surface area contributed by atoms with Crippen LogP contribution in [0.4, 0.5) is 5.82 Å². The molecule has 0 aromatic carbocycles. The first-order valence-corrected chi connectivity index (χ1v) is 9.54. The SMILES string of the molecule is CC(C)(C)Cc1c(NC(=O)CCC2CCCCC2)nn2cccnc12. The molecule has 0 saturated heterocycles. The lowest BCUT2D eigenvalue weighted by Gasteiger charge is -2.21. The monoisotopic (exact) mass is 342 g/mol. The highest BCUT2D eigenvalue weighted by molar-refractivity contribution is 5.91. The number of rotatable bonds is 5. The third kappa shape index (κ3) is 4.80. The van der Waals surface area contributed by atoms with Crippen LogP contribution in [0.2, 0.25) is 0 Å². The van der Waals surface area contributed by atoms with Crippen LogP contribution in [0.3, 0.4) is 0 Å². The first-order chi connectivity index (χ1) is 11.9. The van der Waals surface area contributed by atoms with Gasteiger partial charge in [0.25, 0.3) is 0 Å². The topological polar surface area (TPSA) is 59.3 Å². The fourth-order valence-electron chi connectivity index (χ4n) is 3.73. The van der Waals surface area contributed by atoms with E-state index < -0.39 is 0 Å². The zero-order valence-corrected chi connectivity index (χ0v) is 15.7. The summed E-state index contributed by atoms with van der Waals surface area (Å²) in [7, 11) is 0. The number of hydrogen-bond acceptors (Lipinski definition) is 3. The third-order valence-electron chi connectivity index (χ3n) is 4.96. The van der Waals surface area contributed by atoms with Gasteiger partial charge in [0.1, 0.15) is 0 Å². The van der Waals surface area contributed by atoms with E-state index in [0.717, 1.165) is 30.0 Å². The quantitative estimate of drug-likeness (QED) is 0.862. The Balaban J connectivity index is 1.71. The van der Waals surface area contributed by atoms with Crippen molar-refractivity contribution >= 4 is 17.4 Å². The minimum atomic E-state index is 0.0733. The summed E-state index contributed by atoms with van der Waals surface area (Å²) < 4.78 is 1.76. The molecule has 5 heteroatoms. The van der Waals surface area contributed by atoms with Gasteiger partial charge in [-0.05, 0) is 30.2 Å². The molecule has 1 N–H and O–H groups in total. The van der Waals surface area contributed by atoms with Crippen LogP contribution in [0, 0.1) is 11.3 Å². The van der Waals surface area contributed by atoms with E-state index in [4.69, 9.17) is 0 Å². The molecule has 0 spiro atoms. The predicted molar refractivity (Wildman–Crippen MR) is 101 cm³/mol. The van der Waals surface area contributed by atoms with E-state index in [-0.39, 0.29) is 11.3 Å². The van der Waals surface area contributed by atoms with Crippen molar-refractivity contribution in [2.45, 2.75) is 72.1 Å². The van der Waals surface area contributed by atoms with Crippen molar-refractivity contribution in [1.82, 2.24) is 14.6 Å². The van der Waals surface area contributed by atoms with Crippen LogP contribution >= 0.6 is 0 Å². The van der Waals surface area contributed by atoms with Crippen molar-refractivity contribution in [3.05, 3.63) is 24.0 Å². The molecule has 1 amide bonds. The molecule has 0 atom stereocenters. The number of carbonyl (C=O) groups excluding carboxylic acids is 1. The van der Waals surface area contributed by atoms with E-state index in [1.165, 1.54) is 32.1 Å². The van der Waals surface area contributed by atoms with Crippen molar-refractivity contribution in [1.29, 1.82) is 0 Å². The molecule has 2 aromatic heterocycles. The van der Waals surface area contributed by atoms with Crippen LogP contribution in [0.15, 0.2) is 18.5 Å². The third-order valence-corrected chi connectivity index (χ3v) is 4.96. The Morgan fingerprint density at radius 3 is 2.76 bits per heavy atom. The normalized spacial score (nSPS) is 16.3. The van der Waals surface area contributed by atoms with E-state index in [2.05, 4.69) is 36.2 Å². The molecule has 25 heavy (non-hydrogen) atoms. The first-order valence-electron chi connectivity index (χ1n) is 9.54. The number of anilines is 1. The number of nitrogens with one attached hydrogen (secondary N) is 1. The van der Waals surface area contributed by atoms with Gasteiger partial charge in [-0.3, -0.25) is 4.79 Å². The Kier molecular flexibility index (Phi) is 5.40. The molecular formula is C20H30N4O. The minimum absolute atomic E-state index is 0.0733. The van der Waals surface area contributed by atoms with Crippen LogP contribution in [-0.4, -0.2) is 20.5 Å². The molecule has 3 rings (SSSR count). The second-order valence-electron chi connectivity index (χ2n) is 8.54. The van der Waals surface area contributed by atoms with Gasteiger partial charge in [-0.15, -0.1) is 5.10 Å². The van der Waals surface area contributed by atoms with Gasteiger partial charge in [0.05, 0.1) is 0 Å². The second-order valence-corrected chi connectivity index (χ2v) is 8.54. The molecule has 1 aliphatic carbocycles. The Labute approximate surface area is 150 Å². The Morgan fingerprint density at radius 1 is 1.28 bits per heavy atom. The lowest BCUT2D eigenvalue weighted by atomic mass is 9.86. The maximum atomic E-state index is 12.5. The summed E-state index contributed by atoms with van der Waals surface area (Å²) in [5.41, 5.74) is 1.96. The predicted octanol–water partition coefficient (Wildman–Crippen LogP) is 4.62. The van der Waals surface area contributed by atoms with Gasteiger partial charge in [-0.1, -0.05) is 52.9 Å². The zero-order valence-electron chi connectivity index (χ0n) is 15.7. The summed E-state index contributed by atoms with van der Waals surface area (Å²) in [5, 5.41) is 7.61. The molecule has 0 aliphatic heterocycles. The van der Waals surface area contributed by atoms with Gasteiger partial charge in [-0.25, -0.2) is 9.50 Å². The molecule has 5 nitrogen and oxygen atoms in total. The van der Waals surface area contributed by atoms with E-state index in [9.17, 15) is 4.79 Å². The largest absolute Gasteiger partial charge is 0.309 e. The van der Waals surface area contributed by atoms with Gasteiger partial charge in [0.2, 0.25) is 5.91 Å². The Hall–Kier alpha value is -1.91. The molecule has 1 saturated carbocycles. The summed E-state index contributed by atoms with van der Waals surface area (Å²) in [4.78, 5) is 16.9. The van der Waals surface area contributed by atoms with Crippen LogP contribution in [0.1, 0.15) is 71.3 Å². The lowest BCUT2D eigenvalue weighted by Crippen LogP contribution is -2.17. The maximum absolute atomic E-state index is 12.5. The number of nitrogens with zero attached hydrogens (tertiary/aromatic N) is 3. The van der Waals surface area contributed by atoms with Gasteiger partial charge < -0.3 is 5.32 Å². The van der Waals surface area contributed by atoms with Gasteiger partial charge in [0, 0.05) is 24.4 Å². The second kappa shape index (κ2) is 7.54. The number of fused-ring (bicyclic) bond motifs is 1. The highest BCUT2D eigenvalue weighted by Crippen LogP contribution is 2.29. The molecule has 136 valence electrons. The van der Waals surface area contributed by atoms with E-state index in [1.807, 2.05) is 12.3 Å². The summed E-state index contributed by atoms with van der Waals surface area (Å²) in [5.74, 6) is 1.46. The highest BCUT2D eigenvalue weighted by atomic mass is 16.1. The van der Waals surface area contributed by atoms with E-state index in [1.54, 1.807) is 10.7 Å². The van der Waals surface area contributed by atoms with Crippen molar-refractivity contribution in [3.8, 4) is 0 Å². The van der Waals surface area contributed by atoms with Crippen LogP contribution in [0.5, 0.6) is 0 Å². The van der Waals surface area contributed by atoms with Crippen molar-refractivity contribution < 1.29 is 4.79 Å². The van der Waals surface area contributed by atoms with E-state index >= 15 is 0 Å². The van der Waals surface area contributed by atoms with Crippen LogP contribution in [-0.2, 0) is 11.2 Å². The molecule has 1 fully saturated rings.